The molecule has 2 N–H and O–H groups in total. The maximum absolute atomic E-state index is 12.7. The van der Waals surface area contributed by atoms with Crippen LogP contribution in [0.4, 0.5) is 0 Å². The van der Waals surface area contributed by atoms with E-state index in [9.17, 15) is 4.79 Å². The van der Waals surface area contributed by atoms with Gasteiger partial charge >= 0.3 is 0 Å². The third-order valence-electron chi connectivity index (χ3n) is 3.89. The van der Waals surface area contributed by atoms with Gasteiger partial charge in [-0.2, -0.15) is 0 Å². The number of halogens is 1. The van der Waals surface area contributed by atoms with E-state index in [-0.39, 0.29) is 11.9 Å². The van der Waals surface area contributed by atoms with Gasteiger partial charge in [-0.25, -0.2) is 0 Å². The van der Waals surface area contributed by atoms with E-state index in [0.29, 0.717) is 11.6 Å². The van der Waals surface area contributed by atoms with Crippen molar-refractivity contribution in [1.29, 1.82) is 0 Å². The molecular weight excluding hydrogens is 260 g/mol. The Hall–Kier alpha value is -1.06. The second-order valence-corrected chi connectivity index (χ2v) is 5.55. The van der Waals surface area contributed by atoms with Gasteiger partial charge in [0.2, 0.25) is 0 Å². The Morgan fingerprint density at radius 3 is 3.00 bits per heavy atom. The lowest BCUT2D eigenvalue weighted by Crippen LogP contribution is -2.44. The molecule has 1 fully saturated rings. The molecule has 104 valence electrons. The van der Waals surface area contributed by atoms with Gasteiger partial charge in [0.1, 0.15) is 0 Å². The van der Waals surface area contributed by atoms with Crippen LogP contribution in [-0.2, 0) is 0 Å². The number of nitrogens with zero attached hydrogens (tertiary/aromatic N) is 1. The smallest absolute Gasteiger partial charge is 0.254 e. The molecule has 4 heteroatoms. The van der Waals surface area contributed by atoms with Crippen LogP contribution >= 0.6 is 11.6 Å². The van der Waals surface area contributed by atoms with Gasteiger partial charge in [0, 0.05) is 23.2 Å². The van der Waals surface area contributed by atoms with Gasteiger partial charge in [-0.05, 0) is 56.8 Å². The van der Waals surface area contributed by atoms with Crippen LogP contribution in [0.3, 0.4) is 0 Å². The lowest BCUT2D eigenvalue weighted by atomic mass is 9.97. The summed E-state index contributed by atoms with van der Waals surface area (Å²) in [7, 11) is 0. The van der Waals surface area contributed by atoms with Crippen molar-refractivity contribution < 1.29 is 4.79 Å². The number of benzene rings is 1. The van der Waals surface area contributed by atoms with Gasteiger partial charge in [0.25, 0.3) is 5.91 Å². The van der Waals surface area contributed by atoms with Crippen LogP contribution < -0.4 is 5.73 Å². The summed E-state index contributed by atoms with van der Waals surface area (Å²) in [6.45, 7) is 3.36. The monoisotopic (exact) mass is 280 g/mol. The minimum Gasteiger partial charge on any atom is -0.336 e. The Balaban J connectivity index is 2.23. The van der Waals surface area contributed by atoms with Crippen molar-refractivity contribution in [3.63, 3.8) is 0 Å². The van der Waals surface area contributed by atoms with E-state index in [1.807, 2.05) is 30.0 Å². The van der Waals surface area contributed by atoms with Crippen LogP contribution in [0.25, 0.3) is 0 Å². The van der Waals surface area contributed by atoms with Crippen molar-refractivity contribution >= 4 is 17.5 Å². The highest BCUT2D eigenvalue weighted by Crippen LogP contribution is 2.25. The first-order chi connectivity index (χ1) is 9.15. The minimum atomic E-state index is 0.0955. The normalized spacial score (nSPS) is 19.5. The number of carbonyl (C=O) groups is 1. The third-order valence-corrected chi connectivity index (χ3v) is 4.30. The SMILES string of the molecule is Cc1c(Cl)cccc1C(=O)N1CCCCC1CCN. The van der Waals surface area contributed by atoms with Crippen molar-refractivity contribution in [2.45, 2.75) is 38.6 Å². The molecule has 1 atom stereocenters. The summed E-state index contributed by atoms with van der Waals surface area (Å²) in [5.74, 6) is 0.0955. The van der Waals surface area contributed by atoms with E-state index in [1.165, 1.54) is 6.42 Å². The molecule has 0 saturated carbocycles. The molecule has 0 aliphatic carbocycles. The molecule has 2 rings (SSSR count). The molecule has 1 aromatic rings. The summed E-state index contributed by atoms with van der Waals surface area (Å²) < 4.78 is 0. The summed E-state index contributed by atoms with van der Waals surface area (Å²) in [5, 5.41) is 0.651. The number of hydrogen-bond acceptors (Lipinski definition) is 2. The van der Waals surface area contributed by atoms with Crippen molar-refractivity contribution in [1.82, 2.24) is 4.90 Å². The average molecular weight is 281 g/mol. The molecule has 19 heavy (non-hydrogen) atoms. The van der Waals surface area contributed by atoms with E-state index in [2.05, 4.69) is 0 Å². The zero-order chi connectivity index (χ0) is 13.8. The van der Waals surface area contributed by atoms with Crippen molar-refractivity contribution in [3.05, 3.63) is 34.3 Å². The average Bonchev–Trinajstić information content (AvgIpc) is 2.42. The molecule has 1 aliphatic heterocycles. The second kappa shape index (κ2) is 6.40. The number of likely N-dealkylation sites (tertiary alicyclic amines) is 1. The summed E-state index contributed by atoms with van der Waals surface area (Å²) in [6, 6.07) is 5.80. The van der Waals surface area contributed by atoms with Crippen molar-refractivity contribution in [2.75, 3.05) is 13.1 Å². The fourth-order valence-corrected chi connectivity index (χ4v) is 2.93. The first-order valence-electron chi connectivity index (χ1n) is 6.91. The Morgan fingerprint density at radius 2 is 2.26 bits per heavy atom. The van der Waals surface area contributed by atoms with E-state index >= 15 is 0 Å². The summed E-state index contributed by atoms with van der Waals surface area (Å²) >= 11 is 6.10. The van der Waals surface area contributed by atoms with Gasteiger partial charge in [-0.15, -0.1) is 0 Å². The minimum absolute atomic E-state index is 0.0955. The highest BCUT2D eigenvalue weighted by Gasteiger charge is 2.27. The van der Waals surface area contributed by atoms with Crippen molar-refractivity contribution in [2.24, 2.45) is 5.73 Å². The van der Waals surface area contributed by atoms with Gasteiger partial charge in [0.15, 0.2) is 0 Å². The highest BCUT2D eigenvalue weighted by molar-refractivity contribution is 6.31. The molecule has 1 aliphatic rings. The first-order valence-corrected chi connectivity index (χ1v) is 7.29. The van der Waals surface area contributed by atoms with E-state index in [4.69, 9.17) is 17.3 Å². The number of amides is 1. The lowest BCUT2D eigenvalue weighted by molar-refractivity contribution is 0.0604. The fourth-order valence-electron chi connectivity index (χ4n) is 2.75. The lowest BCUT2D eigenvalue weighted by Gasteiger charge is -2.36. The predicted molar refractivity (Wildman–Crippen MR) is 78.5 cm³/mol. The van der Waals surface area contributed by atoms with Crippen LogP contribution in [0.15, 0.2) is 18.2 Å². The Labute approximate surface area is 119 Å². The number of hydrogen-bond donors (Lipinski definition) is 1. The Kier molecular flexibility index (Phi) is 4.83. The van der Waals surface area contributed by atoms with Gasteiger partial charge in [-0.1, -0.05) is 17.7 Å². The van der Waals surface area contributed by atoms with E-state index in [1.54, 1.807) is 0 Å². The fraction of sp³-hybridized carbons (Fsp3) is 0.533. The first kappa shape index (κ1) is 14.4. The van der Waals surface area contributed by atoms with Crippen LogP contribution in [-0.4, -0.2) is 29.9 Å². The molecule has 3 nitrogen and oxygen atoms in total. The Morgan fingerprint density at radius 1 is 1.47 bits per heavy atom. The highest BCUT2D eigenvalue weighted by atomic mass is 35.5. The van der Waals surface area contributed by atoms with Crippen LogP contribution in [0.5, 0.6) is 0 Å². The molecular formula is C15H21ClN2O. The molecule has 0 aromatic heterocycles. The number of nitrogens with two attached hydrogens (primary N) is 1. The zero-order valence-electron chi connectivity index (χ0n) is 11.4. The molecule has 0 radical (unpaired) electrons. The topological polar surface area (TPSA) is 46.3 Å². The molecule has 1 unspecified atom stereocenters. The van der Waals surface area contributed by atoms with Crippen LogP contribution in [0.1, 0.15) is 41.6 Å². The maximum Gasteiger partial charge on any atom is 0.254 e. The Bertz CT molecular complexity index is 459. The summed E-state index contributed by atoms with van der Waals surface area (Å²) in [4.78, 5) is 14.7. The third kappa shape index (κ3) is 3.10. The summed E-state index contributed by atoms with van der Waals surface area (Å²) in [5.41, 5.74) is 7.24. The van der Waals surface area contributed by atoms with Gasteiger partial charge in [-0.3, -0.25) is 4.79 Å². The van der Waals surface area contributed by atoms with E-state index in [0.717, 1.165) is 36.9 Å². The number of carbonyl (C=O) groups excluding carboxylic acids is 1. The predicted octanol–water partition coefficient (Wildman–Crippen LogP) is 2.99. The number of rotatable bonds is 3. The molecule has 1 amide bonds. The molecule has 0 spiro atoms. The van der Waals surface area contributed by atoms with Crippen molar-refractivity contribution in [3.8, 4) is 0 Å². The van der Waals surface area contributed by atoms with Crippen LogP contribution in [0, 0.1) is 6.92 Å². The second-order valence-electron chi connectivity index (χ2n) is 5.14. The molecule has 0 bridgehead atoms. The molecule has 1 heterocycles. The van der Waals surface area contributed by atoms with Gasteiger partial charge in [0.05, 0.1) is 0 Å². The van der Waals surface area contributed by atoms with Crippen LogP contribution in [0.2, 0.25) is 5.02 Å². The quantitative estimate of drug-likeness (QED) is 0.925. The summed E-state index contributed by atoms with van der Waals surface area (Å²) in [6.07, 6.45) is 4.20. The maximum atomic E-state index is 12.7. The molecule has 1 aromatic carbocycles. The molecule has 1 saturated heterocycles. The van der Waals surface area contributed by atoms with Gasteiger partial charge < -0.3 is 10.6 Å². The largest absolute Gasteiger partial charge is 0.336 e. The van der Waals surface area contributed by atoms with E-state index < -0.39 is 0 Å². The standard InChI is InChI=1S/C15H21ClN2O/c1-11-13(6-4-7-14(11)16)15(19)18-10-3-2-5-12(18)8-9-17/h4,6-7,12H,2-3,5,8-10,17H2,1H3. The zero-order valence-corrected chi connectivity index (χ0v) is 12.1. The number of piperidine rings is 1.